The number of hydrogen-bond donors (Lipinski definition) is 3. The summed E-state index contributed by atoms with van der Waals surface area (Å²) in [6.07, 6.45) is 0.208. The average Bonchev–Trinajstić information content (AvgIpc) is 2.14. The highest BCUT2D eigenvalue weighted by atomic mass is 19.1. The SMILES string of the molecule is CC(=O)Nc1cc(F)c(O)c(O)c1C=O. The van der Waals surface area contributed by atoms with Crippen molar-refractivity contribution in [1.29, 1.82) is 0 Å². The van der Waals surface area contributed by atoms with Gasteiger partial charge < -0.3 is 15.5 Å². The molecule has 0 atom stereocenters. The standard InChI is InChI=1S/C9H8FNO4/c1-4(13)11-7-2-6(10)9(15)8(14)5(7)3-12/h2-3,14-15H,1H3,(H,11,13). The number of hydrogen-bond acceptors (Lipinski definition) is 4. The molecule has 0 aromatic heterocycles. The van der Waals surface area contributed by atoms with E-state index >= 15 is 0 Å². The summed E-state index contributed by atoms with van der Waals surface area (Å²) in [5.41, 5.74) is -0.561. The Morgan fingerprint density at radius 1 is 1.47 bits per heavy atom. The second-order valence-corrected chi connectivity index (χ2v) is 2.82. The normalized spacial score (nSPS) is 9.73. The van der Waals surface area contributed by atoms with E-state index in [9.17, 15) is 19.1 Å². The Kier molecular flexibility index (Phi) is 2.89. The van der Waals surface area contributed by atoms with Crippen molar-refractivity contribution in [2.24, 2.45) is 0 Å². The fourth-order valence-electron chi connectivity index (χ4n) is 1.05. The van der Waals surface area contributed by atoms with Crippen LogP contribution in [0.5, 0.6) is 11.5 Å². The van der Waals surface area contributed by atoms with E-state index in [2.05, 4.69) is 5.32 Å². The molecule has 0 saturated carbocycles. The van der Waals surface area contributed by atoms with Crippen molar-refractivity contribution in [3.63, 3.8) is 0 Å². The Hall–Kier alpha value is -2.11. The Morgan fingerprint density at radius 2 is 2.07 bits per heavy atom. The lowest BCUT2D eigenvalue weighted by Gasteiger charge is -2.08. The lowest BCUT2D eigenvalue weighted by Crippen LogP contribution is -2.08. The minimum atomic E-state index is -1.12. The van der Waals surface area contributed by atoms with E-state index in [4.69, 9.17) is 5.11 Å². The van der Waals surface area contributed by atoms with E-state index < -0.39 is 23.2 Å². The van der Waals surface area contributed by atoms with E-state index in [1.54, 1.807) is 0 Å². The molecule has 0 aliphatic carbocycles. The second-order valence-electron chi connectivity index (χ2n) is 2.82. The molecule has 15 heavy (non-hydrogen) atoms. The molecule has 0 radical (unpaired) electrons. The summed E-state index contributed by atoms with van der Waals surface area (Å²) < 4.78 is 12.9. The molecule has 0 spiro atoms. The molecule has 0 fully saturated rings. The third-order valence-corrected chi connectivity index (χ3v) is 1.70. The molecule has 0 bridgehead atoms. The van der Waals surface area contributed by atoms with Gasteiger partial charge in [0.05, 0.1) is 11.3 Å². The first kappa shape index (κ1) is 11.0. The van der Waals surface area contributed by atoms with Gasteiger partial charge in [-0.3, -0.25) is 9.59 Å². The maximum absolute atomic E-state index is 12.9. The third kappa shape index (κ3) is 2.04. The van der Waals surface area contributed by atoms with Crippen molar-refractivity contribution in [2.75, 3.05) is 5.32 Å². The molecule has 5 nitrogen and oxygen atoms in total. The third-order valence-electron chi connectivity index (χ3n) is 1.70. The van der Waals surface area contributed by atoms with E-state index in [1.807, 2.05) is 0 Å². The van der Waals surface area contributed by atoms with Gasteiger partial charge in [0.2, 0.25) is 5.91 Å². The van der Waals surface area contributed by atoms with Crippen LogP contribution in [-0.4, -0.2) is 22.4 Å². The summed E-state index contributed by atoms with van der Waals surface area (Å²) in [5, 5.41) is 20.3. The molecule has 0 aliphatic heterocycles. The molecule has 6 heteroatoms. The number of carbonyl (C=O) groups excluding carboxylic acids is 2. The highest BCUT2D eigenvalue weighted by Crippen LogP contribution is 2.35. The molecule has 0 unspecified atom stereocenters. The average molecular weight is 213 g/mol. The van der Waals surface area contributed by atoms with Crippen molar-refractivity contribution < 1.29 is 24.2 Å². The van der Waals surface area contributed by atoms with Gasteiger partial charge in [-0.15, -0.1) is 0 Å². The van der Waals surface area contributed by atoms with Gasteiger partial charge in [-0.2, -0.15) is 0 Å². The molecule has 1 aromatic carbocycles. The summed E-state index contributed by atoms with van der Waals surface area (Å²) in [5.74, 6) is -3.57. The fraction of sp³-hybridized carbons (Fsp3) is 0.111. The van der Waals surface area contributed by atoms with E-state index in [0.717, 1.165) is 13.0 Å². The van der Waals surface area contributed by atoms with E-state index in [-0.39, 0.29) is 17.5 Å². The minimum Gasteiger partial charge on any atom is -0.504 e. The maximum atomic E-state index is 12.9. The number of amides is 1. The molecule has 3 N–H and O–H groups in total. The lowest BCUT2D eigenvalue weighted by atomic mass is 10.1. The molecule has 1 amide bonds. The quantitative estimate of drug-likeness (QED) is 0.388. The second kappa shape index (κ2) is 3.95. The monoisotopic (exact) mass is 213 g/mol. The van der Waals surface area contributed by atoms with Crippen LogP contribution in [0.2, 0.25) is 0 Å². The zero-order valence-electron chi connectivity index (χ0n) is 7.74. The minimum absolute atomic E-state index is 0.190. The van der Waals surface area contributed by atoms with Gasteiger partial charge in [-0.25, -0.2) is 4.39 Å². The van der Waals surface area contributed by atoms with Crippen molar-refractivity contribution in [1.82, 2.24) is 0 Å². The van der Waals surface area contributed by atoms with Gasteiger partial charge in [-0.1, -0.05) is 0 Å². The van der Waals surface area contributed by atoms with Crippen molar-refractivity contribution in [3.8, 4) is 11.5 Å². The first-order chi connectivity index (χ1) is 6.97. The maximum Gasteiger partial charge on any atom is 0.221 e. The molecule has 80 valence electrons. The molecule has 0 heterocycles. The molecular formula is C9H8FNO4. The largest absolute Gasteiger partial charge is 0.504 e. The van der Waals surface area contributed by atoms with Crippen LogP contribution in [0.15, 0.2) is 6.07 Å². The van der Waals surface area contributed by atoms with Gasteiger partial charge in [0.15, 0.2) is 23.6 Å². The molecule has 0 aliphatic rings. The predicted octanol–water partition coefficient (Wildman–Crippen LogP) is 1.01. The van der Waals surface area contributed by atoms with Gasteiger partial charge in [0, 0.05) is 13.0 Å². The highest BCUT2D eigenvalue weighted by molar-refractivity contribution is 5.97. The van der Waals surface area contributed by atoms with Gasteiger partial charge >= 0.3 is 0 Å². The summed E-state index contributed by atoms with van der Waals surface area (Å²) in [6.45, 7) is 1.16. The number of aldehydes is 1. The fourth-order valence-corrected chi connectivity index (χ4v) is 1.05. The number of anilines is 1. The summed E-state index contributed by atoms with van der Waals surface area (Å²) >= 11 is 0. The number of aromatic hydroxyl groups is 2. The lowest BCUT2D eigenvalue weighted by molar-refractivity contribution is -0.114. The number of carbonyl (C=O) groups is 2. The number of nitrogens with one attached hydrogen (secondary N) is 1. The smallest absolute Gasteiger partial charge is 0.221 e. The summed E-state index contributed by atoms with van der Waals surface area (Å²) in [7, 11) is 0. The first-order valence-corrected chi connectivity index (χ1v) is 3.94. The van der Waals surface area contributed by atoms with Crippen LogP contribution >= 0.6 is 0 Å². The molecule has 1 aromatic rings. The first-order valence-electron chi connectivity index (χ1n) is 3.94. The Morgan fingerprint density at radius 3 is 2.53 bits per heavy atom. The van der Waals surface area contributed by atoms with Crippen LogP contribution < -0.4 is 5.32 Å². The Balaban J connectivity index is 3.38. The van der Waals surface area contributed by atoms with Crippen molar-refractivity contribution >= 4 is 17.9 Å². The zero-order chi connectivity index (χ0) is 11.6. The van der Waals surface area contributed by atoms with Crippen LogP contribution in [0.4, 0.5) is 10.1 Å². The number of halogens is 1. The van der Waals surface area contributed by atoms with Gasteiger partial charge in [0.1, 0.15) is 0 Å². The van der Waals surface area contributed by atoms with Crippen LogP contribution in [0, 0.1) is 5.82 Å². The predicted molar refractivity (Wildman–Crippen MR) is 49.4 cm³/mol. The van der Waals surface area contributed by atoms with Crippen LogP contribution in [0.3, 0.4) is 0 Å². The number of benzene rings is 1. The topological polar surface area (TPSA) is 86.6 Å². The zero-order valence-corrected chi connectivity index (χ0v) is 7.74. The highest BCUT2D eigenvalue weighted by Gasteiger charge is 2.17. The van der Waals surface area contributed by atoms with Crippen molar-refractivity contribution in [3.05, 3.63) is 17.4 Å². The molecular weight excluding hydrogens is 205 g/mol. The van der Waals surface area contributed by atoms with E-state index in [1.165, 1.54) is 0 Å². The number of phenolic OH excluding ortho intramolecular Hbond substituents is 2. The van der Waals surface area contributed by atoms with Crippen LogP contribution in [-0.2, 0) is 4.79 Å². The van der Waals surface area contributed by atoms with Gasteiger partial charge in [-0.05, 0) is 0 Å². The van der Waals surface area contributed by atoms with Crippen molar-refractivity contribution in [2.45, 2.75) is 6.92 Å². The summed E-state index contributed by atoms with van der Waals surface area (Å²) in [4.78, 5) is 21.2. The number of phenols is 2. The van der Waals surface area contributed by atoms with Gasteiger partial charge in [0.25, 0.3) is 0 Å². The van der Waals surface area contributed by atoms with E-state index in [0.29, 0.717) is 0 Å². The Labute approximate surface area is 84.2 Å². The van der Waals surface area contributed by atoms with Crippen LogP contribution in [0.1, 0.15) is 17.3 Å². The summed E-state index contributed by atoms with van der Waals surface area (Å²) in [6, 6.07) is 0.750. The number of rotatable bonds is 2. The Bertz CT molecular complexity index is 431. The molecule has 0 saturated heterocycles. The molecule has 1 rings (SSSR count). The van der Waals surface area contributed by atoms with Crippen LogP contribution in [0.25, 0.3) is 0 Å².